The lowest BCUT2D eigenvalue weighted by molar-refractivity contribution is -0.179. The fraction of sp³-hybridized carbons (Fsp3) is 0.611. The Labute approximate surface area is 141 Å². The van der Waals surface area contributed by atoms with Crippen LogP contribution in [0.2, 0.25) is 0 Å². The number of carbonyl (C=O) groups excluding carboxylic acids is 1. The minimum atomic E-state index is -0.485. The molecule has 2 aliphatic heterocycles. The van der Waals surface area contributed by atoms with Gasteiger partial charge in [0.15, 0.2) is 11.6 Å². The zero-order valence-electron chi connectivity index (χ0n) is 14.0. The van der Waals surface area contributed by atoms with E-state index in [4.69, 9.17) is 9.47 Å². The third kappa shape index (κ3) is 3.39. The van der Waals surface area contributed by atoms with Crippen LogP contribution in [-0.2, 0) is 16.0 Å². The fourth-order valence-electron chi connectivity index (χ4n) is 3.63. The molecule has 24 heavy (non-hydrogen) atoms. The van der Waals surface area contributed by atoms with Gasteiger partial charge in [-0.1, -0.05) is 6.07 Å². The lowest BCUT2D eigenvalue weighted by Gasteiger charge is -2.46. The number of ether oxygens (including phenoxy) is 2. The van der Waals surface area contributed by atoms with Gasteiger partial charge < -0.3 is 19.5 Å². The summed E-state index contributed by atoms with van der Waals surface area (Å²) in [4.78, 5) is 14.2. The monoisotopic (exact) mass is 337 g/mol. The van der Waals surface area contributed by atoms with Gasteiger partial charge in [0.05, 0.1) is 25.2 Å². The van der Waals surface area contributed by atoms with Gasteiger partial charge in [0.1, 0.15) is 0 Å². The van der Waals surface area contributed by atoms with Crippen LogP contribution in [-0.4, -0.2) is 54.4 Å². The van der Waals surface area contributed by atoms with Gasteiger partial charge in [-0.25, -0.2) is 4.39 Å². The summed E-state index contributed by atoms with van der Waals surface area (Å²) < 4.78 is 24.5. The van der Waals surface area contributed by atoms with Crippen molar-refractivity contribution in [1.82, 2.24) is 4.90 Å². The Kier molecular flexibility index (Phi) is 5.06. The van der Waals surface area contributed by atoms with Gasteiger partial charge >= 0.3 is 0 Å². The maximum absolute atomic E-state index is 13.7. The molecule has 2 fully saturated rings. The summed E-state index contributed by atoms with van der Waals surface area (Å²) in [6.07, 6.45) is 2.66. The number of likely N-dealkylation sites (tertiary alicyclic amines) is 1. The zero-order chi connectivity index (χ0) is 17.2. The maximum Gasteiger partial charge on any atom is 0.226 e. The van der Waals surface area contributed by atoms with Crippen molar-refractivity contribution in [3.63, 3.8) is 0 Å². The summed E-state index contributed by atoms with van der Waals surface area (Å²) in [6, 6.07) is 4.59. The van der Waals surface area contributed by atoms with Gasteiger partial charge in [-0.3, -0.25) is 4.79 Å². The number of hydrogen-bond acceptors (Lipinski definition) is 4. The van der Waals surface area contributed by atoms with Crippen molar-refractivity contribution in [2.45, 2.75) is 43.8 Å². The van der Waals surface area contributed by atoms with Crippen LogP contribution in [0.4, 0.5) is 4.39 Å². The van der Waals surface area contributed by atoms with E-state index in [0.29, 0.717) is 38.1 Å². The lowest BCUT2D eigenvalue weighted by Crippen LogP contribution is -2.56. The van der Waals surface area contributed by atoms with Crippen molar-refractivity contribution in [3.8, 4) is 5.75 Å². The molecule has 2 saturated heterocycles. The molecule has 0 radical (unpaired) electrons. The van der Waals surface area contributed by atoms with E-state index in [2.05, 4.69) is 0 Å². The number of amides is 1. The normalized spacial score (nSPS) is 23.3. The highest BCUT2D eigenvalue weighted by molar-refractivity contribution is 5.79. The molecular weight excluding hydrogens is 313 g/mol. The molecule has 5 nitrogen and oxygen atoms in total. The molecule has 6 heteroatoms. The molecule has 132 valence electrons. The van der Waals surface area contributed by atoms with Crippen molar-refractivity contribution in [1.29, 1.82) is 0 Å². The SMILES string of the molecule is COc1ccc(CC(=O)N2CCC3(CC2)OCCCC3O)cc1F. The summed E-state index contributed by atoms with van der Waals surface area (Å²) >= 11 is 0. The smallest absolute Gasteiger partial charge is 0.226 e. The standard InChI is InChI=1S/C18H24FNO4/c1-23-15-5-4-13(11-14(15)19)12-17(22)20-8-6-18(7-9-20)16(21)3-2-10-24-18/h4-5,11,16,21H,2-3,6-10,12H2,1H3. The molecule has 1 spiro atoms. The number of nitrogens with zero attached hydrogens (tertiary/aromatic N) is 1. The molecule has 1 atom stereocenters. The number of piperidine rings is 1. The molecule has 1 unspecified atom stereocenters. The maximum atomic E-state index is 13.7. The molecule has 1 N–H and O–H groups in total. The number of halogens is 1. The molecule has 1 aromatic rings. The topological polar surface area (TPSA) is 59.0 Å². The van der Waals surface area contributed by atoms with Crippen LogP contribution in [0.25, 0.3) is 0 Å². The van der Waals surface area contributed by atoms with Crippen molar-refractivity contribution in [2.24, 2.45) is 0 Å². The second-order valence-electron chi connectivity index (χ2n) is 6.60. The molecule has 2 heterocycles. The predicted octanol–water partition coefficient (Wildman–Crippen LogP) is 1.91. The Balaban J connectivity index is 1.58. The average molecular weight is 337 g/mol. The summed E-state index contributed by atoms with van der Waals surface area (Å²) in [5.41, 5.74) is 0.147. The van der Waals surface area contributed by atoms with Gasteiger partial charge in [0.25, 0.3) is 0 Å². The van der Waals surface area contributed by atoms with Gasteiger partial charge in [-0.05, 0) is 43.4 Å². The largest absolute Gasteiger partial charge is 0.494 e. The van der Waals surface area contributed by atoms with Crippen LogP contribution in [0.3, 0.4) is 0 Å². The summed E-state index contributed by atoms with van der Waals surface area (Å²) in [5.74, 6) is -0.312. The van der Waals surface area contributed by atoms with E-state index in [-0.39, 0.29) is 18.1 Å². The Hall–Kier alpha value is -1.66. The van der Waals surface area contributed by atoms with Crippen molar-refractivity contribution >= 4 is 5.91 Å². The van der Waals surface area contributed by atoms with Crippen molar-refractivity contribution in [3.05, 3.63) is 29.6 Å². The summed E-state index contributed by atoms with van der Waals surface area (Å²) in [5, 5.41) is 10.2. The van der Waals surface area contributed by atoms with Crippen molar-refractivity contribution < 1.29 is 23.8 Å². The first-order valence-corrected chi connectivity index (χ1v) is 8.46. The van der Waals surface area contributed by atoms with Crippen LogP contribution >= 0.6 is 0 Å². The molecule has 0 saturated carbocycles. The number of hydrogen-bond donors (Lipinski definition) is 1. The first-order chi connectivity index (χ1) is 11.5. The Bertz CT molecular complexity index is 599. The lowest BCUT2D eigenvalue weighted by atomic mass is 9.82. The predicted molar refractivity (Wildman–Crippen MR) is 86.4 cm³/mol. The second kappa shape index (κ2) is 7.07. The minimum absolute atomic E-state index is 0.0280. The molecule has 0 bridgehead atoms. The number of carbonyl (C=O) groups is 1. The Morgan fingerprint density at radius 3 is 2.83 bits per heavy atom. The minimum Gasteiger partial charge on any atom is -0.494 e. The van der Waals surface area contributed by atoms with Crippen LogP contribution < -0.4 is 4.74 Å². The molecule has 0 aliphatic carbocycles. The van der Waals surface area contributed by atoms with Crippen LogP contribution in [0, 0.1) is 5.82 Å². The highest BCUT2D eigenvalue weighted by atomic mass is 19.1. The molecular formula is C18H24FNO4. The van der Waals surface area contributed by atoms with Crippen LogP contribution in [0.15, 0.2) is 18.2 Å². The third-order valence-electron chi connectivity index (χ3n) is 5.15. The Morgan fingerprint density at radius 1 is 1.46 bits per heavy atom. The Morgan fingerprint density at radius 2 is 2.21 bits per heavy atom. The number of rotatable bonds is 3. The van der Waals surface area contributed by atoms with E-state index in [0.717, 1.165) is 12.8 Å². The first kappa shape index (κ1) is 17.2. The molecule has 0 aromatic heterocycles. The molecule has 2 aliphatic rings. The number of aliphatic hydroxyl groups is 1. The van der Waals surface area contributed by atoms with Crippen LogP contribution in [0.1, 0.15) is 31.2 Å². The van der Waals surface area contributed by atoms with E-state index in [1.807, 2.05) is 0 Å². The van der Waals surface area contributed by atoms with E-state index in [1.54, 1.807) is 11.0 Å². The van der Waals surface area contributed by atoms with E-state index in [9.17, 15) is 14.3 Å². The van der Waals surface area contributed by atoms with Crippen molar-refractivity contribution in [2.75, 3.05) is 26.8 Å². The van der Waals surface area contributed by atoms with E-state index in [1.165, 1.54) is 19.2 Å². The average Bonchev–Trinajstić information content (AvgIpc) is 2.58. The fourth-order valence-corrected chi connectivity index (χ4v) is 3.63. The van der Waals surface area contributed by atoms with Gasteiger partial charge in [0.2, 0.25) is 5.91 Å². The zero-order valence-corrected chi connectivity index (χ0v) is 14.0. The molecule has 1 amide bonds. The molecule has 1 aromatic carbocycles. The third-order valence-corrected chi connectivity index (χ3v) is 5.15. The highest BCUT2D eigenvalue weighted by Crippen LogP contribution is 2.35. The number of benzene rings is 1. The number of methoxy groups -OCH3 is 1. The first-order valence-electron chi connectivity index (χ1n) is 8.46. The van der Waals surface area contributed by atoms with Gasteiger partial charge in [0, 0.05) is 19.7 Å². The summed E-state index contributed by atoms with van der Waals surface area (Å²) in [6.45, 7) is 1.80. The summed E-state index contributed by atoms with van der Waals surface area (Å²) in [7, 11) is 1.41. The van der Waals surface area contributed by atoms with Crippen LogP contribution in [0.5, 0.6) is 5.75 Å². The molecule has 3 rings (SSSR count). The van der Waals surface area contributed by atoms with Gasteiger partial charge in [-0.2, -0.15) is 0 Å². The highest BCUT2D eigenvalue weighted by Gasteiger charge is 2.44. The van der Waals surface area contributed by atoms with Gasteiger partial charge in [-0.15, -0.1) is 0 Å². The number of aliphatic hydroxyl groups excluding tert-OH is 1. The van der Waals surface area contributed by atoms with E-state index < -0.39 is 17.5 Å². The van der Waals surface area contributed by atoms with E-state index >= 15 is 0 Å². The quantitative estimate of drug-likeness (QED) is 0.915. The second-order valence-corrected chi connectivity index (χ2v) is 6.60.